The molecule has 0 bridgehead atoms. The van der Waals surface area contributed by atoms with Gasteiger partial charge in [0.25, 0.3) is 0 Å². The van der Waals surface area contributed by atoms with Crippen LogP contribution in [0.2, 0.25) is 0 Å². The van der Waals surface area contributed by atoms with Crippen LogP contribution in [0.15, 0.2) is 22.9 Å². The molecule has 14 heavy (non-hydrogen) atoms. The van der Waals surface area contributed by atoms with Gasteiger partial charge in [-0.15, -0.1) is 0 Å². The van der Waals surface area contributed by atoms with Gasteiger partial charge in [-0.1, -0.05) is 46.9 Å². The summed E-state index contributed by atoms with van der Waals surface area (Å²) in [5, 5.41) is 4.08. The number of carbonyl (C=O) groups is 2. The molecule has 2 nitrogen and oxygen atoms in total. The quantitative estimate of drug-likeness (QED) is 0.471. The Bertz CT molecular complexity index is 249. The van der Waals surface area contributed by atoms with Crippen LogP contribution in [-0.4, -0.2) is 15.9 Å². The molecule has 0 aromatic carbocycles. The lowest BCUT2D eigenvalue weighted by Gasteiger charge is -2.04. The van der Waals surface area contributed by atoms with Crippen LogP contribution in [0.5, 0.6) is 0 Å². The monoisotopic (exact) mass is 272 g/mol. The zero-order valence-corrected chi connectivity index (χ0v) is 10.0. The summed E-state index contributed by atoms with van der Waals surface area (Å²) in [4.78, 5) is 20.1. The molecule has 0 aliphatic rings. The number of rotatable bonds is 2. The maximum Gasteiger partial charge on any atom is 0.249 e. The molecule has 0 saturated carbocycles. The van der Waals surface area contributed by atoms with E-state index in [1.165, 1.54) is 0 Å². The standard InChI is InChI=1S/C4H3Cl3O2.C4H4S/c5-4(6,7)3(9)1-2-8;1-2-4-5-3-1/h2H,1H2;1-4H. The third-order valence-electron chi connectivity index (χ3n) is 1.01. The van der Waals surface area contributed by atoms with Gasteiger partial charge in [0.05, 0.1) is 6.42 Å². The minimum Gasteiger partial charge on any atom is -0.303 e. The molecule has 0 N–H and O–H groups in total. The topological polar surface area (TPSA) is 34.1 Å². The zero-order chi connectivity index (χ0) is 11.0. The van der Waals surface area contributed by atoms with Gasteiger partial charge in [0.1, 0.15) is 6.29 Å². The van der Waals surface area contributed by atoms with E-state index in [-0.39, 0.29) is 6.42 Å². The fraction of sp³-hybridized carbons (Fsp3) is 0.250. The summed E-state index contributed by atoms with van der Waals surface area (Å²) in [6.07, 6.45) is 0.0424. The number of halogens is 3. The van der Waals surface area contributed by atoms with Gasteiger partial charge in [-0.05, 0) is 10.8 Å². The average molecular weight is 274 g/mol. The highest BCUT2D eigenvalue weighted by atomic mass is 35.6. The lowest BCUT2D eigenvalue weighted by molar-refractivity contribution is -0.121. The first-order valence-electron chi connectivity index (χ1n) is 3.49. The summed E-state index contributed by atoms with van der Waals surface area (Å²) in [7, 11) is 0. The molecule has 0 aliphatic carbocycles. The highest BCUT2D eigenvalue weighted by Gasteiger charge is 2.29. The van der Waals surface area contributed by atoms with E-state index in [1.807, 2.05) is 22.9 Å². The van der Waals surface area contributed by atoms with E-state index in [0.29, 0.717) is 6.29 Å². The maximum absolute atomic E-state index is 10.4. The average Bonchev–Trinajstić information content (AvgIpc) is 2.59. The molecular formula is C8H7Cl3O2S. The molecule has 1 heterocycles. The Labute approximate surface area is 101 Å². The molecule has 0 radical (unpaired) electrons. The van der Waals surface area contributed by atoms with Gasteiger partial charge in [-0.2, -0.15) is 11.3 Å². The van der Waals surface area contributed by atoms with E-state index in [4.69, 9.17) is 34.8 Å². The van der Waals surface area contributed by atoms with Crippen molar-refractivity contribution in [2.45, 2.75) is 10.2 Å². The van der Waals surface area contributed by atoms with Crippen LogP contribution in [0, 0.1) is 0 Å². The van der Waals surface area contributed by atoms with Crippen molar-refractivity contribution >= 4 is 58.2 Å². The largest absolute Gasteiger partial charge is 0.303 e. The van der Waals surface area contributed by atoms with Crippen molar-refractivity contribution in [1.29, 1.82) is 0 Å². The first kappa shape index (κ1) is 13.9. The van der Waals surface area contributed by atoms with Gasteiger partial charge >= 0.3 is 0 Å². The fourth-order valence-corrected chi connectivity index (χ4v) is 1.10. The number of hydrogen-bond acceptors (Lipinski definition) is 3. The summed E-state index contributed by atoms with van der Waals surface area (Å²) in [6, 6.07) is 4.04. The van der Waals surface area contributed by atoms with E-state index in [0.717, 1.165) is 0 Å². The minimum absolute atomic E-state index is 0.351. The number of ketones is 1. The van der Waals surface area contributed by atoms with Crippen molar-refractivity contribution in [3.63, 3.8) is 0 Å². The molecule has 0 aliphatic heterocycles. The molecule has 0 amide bonds. The smallest absolute Gasteiger partial charge is 0.249 e. The van der Waals surface area contributed by atoms with E-state index < -0.39 is 9.58 Å². The lowest BCUT2D eigenvalue weighted by Crippen LogP contribution is -2.18. The van der Waals surface area contributed by atoms with Crippen molar-refractivity contribution in [3.8, 4) is 0 Å². The maximum atomic E-state index is 10.4. The van der Waals surface area contributed by atoms with Crippen molar-refractivity contribution in [2.24, 2.45) is 0 Å². The molecule has 78 valence electrons. The minimum atomic E-state index is -1.94. The van der Waals surface area contributed by atoms with Crippen molar-refractivity contribution in [3.05, 3.63) is 22.9 Å². The molecule has 6 heteroatoms. The van der Waals surface area contributed by atoms with Gasteiger partial charge in [-0.3, -0.25) is 4.79 Å². The van der Waals surface area contributed by atoms with Gasteiger partial charge in [0.2, 0.25) is 3.79 Å². The second-order valence-corrected chi connectivity index (χ2v) is 5.18. The van der Waals surface area contributed by atoms with Gasteiger partial charge in [0, 0.05) is 0 Å². The summed E-state index contributed by atoms with van der Waals surface area (Å²) < 4.78 is -1.94. The van der Waals surface area contributed by atoms with E-state index in [2.05, 4.69) is 0 Å². The van der Waals surface area contributed by atoms with Gasteiger partial charge in [0.15, 0.2) is 5.78 Å². The number of hydrogen-bond donors (Lipinski definition) is 0. The summed E-state index contributed by atoms with van der Waals surface area (Å²) in [6.45, 7) is 0. The first-order chi connectivity index (χ1) is 6.48. The molecule has 0 fully saturated rings. The number of alkyl halides is 3. The van der Waals surface area contributed by atoms with Crippen LogP contribution < -0.4 is 0 Å². The van der Waals surface area contributed by atoms with Crippen LogP contribution in [0.4, 0.5) is 0 Å². The molecule has 0 spiro atoms. The Morgan fingerprint density at radius 3 is 1.93 bits per heavy atom. The summed E-state index contributed by atoms with van der Waals surface area (Å²) in [5.74, 6) is -0.706. The Hall–Kier alpha value is -0.0900. The molecule has 1 rings (SSSR count). The van der Waals surface area contributed by atoms with Crippen LogP contribution in [0.25, 0.3) is 0 Å². The van der Waals surface area contributed by atoms with E-state index >= 15 is 0 Å². The van der Waals surface area contributed by atoms with Crippen LogP contribution in [0.3, 0.4) is 0 Å². The van der Waals surface area contributed by atoms with E-state index in [9.17, 15) is 9.59 Å². The molecule has 0 saturated heterocycles. The molecule has 0 unspecified atom stereocenters. The highest BCUT2D eigenvalue weighted by molar-refractivity contribution is 7.07. The fourth-order valence-electron chi connectivity index (χ4n) is 0.418. The van der Waals surface area contributed by atoms with Crippen LogP contribution >= 0.6 is 46.1 Å². The predicted molar refractivity (Wildman–Crippen MR) is 60.3 cm³/mol. The second-order valence-electron chi connectivity index (χ2n) is 2.08. The van der Waals surface area contributed by atoms with Crippen LogP contribution in [-0.2, 0) is 9.59 Å². The molecule has 0 atom stereocenters. The Morgan fingerprint density at radius 1 is 1.29 bits per heavy atom. The second kappa shape index (κ2) is 7.23. The van der Waals surface area contributed by atoms with Gasteiger partial charge in [-0.25, -0.2) is 0 Å². The molecular weight excluding hydrogens is 267 g/mol. The first-order valence-corrected chi connectivity index (χ1v) is 5.57. The summed E-state index contributed by atoms with van der Waals surface area (Å²) in [5.41, 5.74) is 0. The molecule has 1 aromatic heterocycles. The molecule has 1 aromatic rings. The Balaban J connectivity index is 0.000000280. The third-order valence-corrected chi connectivity index (χ3v) is 2.27. The third kappa shape index (κ3) is 7.33. The number of Topliss-reactive ketones (excluding diaryl/α,β-unsaturated/α-hetero) is 1. The normalized spacial score (nSPS) is 9.93. The number of carbonyl (C=O) groups excluding carboxylic acids is 2. The Morgan fingerprint density at radius 2 is 1.79 bits per heavy atom. The number of aldehydes is 1. The highest BCUT2D eigenvalue weighted by Crippen LogP contribution is 2.27. The van der Waals surface area contributed by atoms with Crippen molar-refractivity contribution in [2.75, 3.05) is 0 Å². The van der Waals surface area contributed by atoms with Gasteiger partial charge < -0.3 is 4.79 Å². The zero-order valence-electron chi connectivity index (χ0n) is 6.95. The predicted octanol–water partition coefficient (Wildman–Crippen LogP) is 3.26. The number of thiophene rings is 1. The van der Waals surface area contributed by atoms with Crippen molar-refractivity contribution in [1.82, 2.24) is 0 Å². The lowest BCUT2D eigenvalue weighted by atomic mass is 10.3. The summed E-state index contributed by atoms with van der Waals surface area (Å²) >= 11 is 17.0. The Kier molecular flexibility index (Phi) is 7.19. The van der Waals surface area contributed by atoms with Crippen LogP contribution in [0.1, 0.15) is 6.42 Å². The SMILES string of the molecule is O=CCC(=O)C(Cl)(Cl)Cl.c1ccsc1. The van der Waals surface area contributed by atoms with E-state index in [1.54, 1.807) is 11.3 Å². The van der Waals surface area contributed by atoms with Crippen molar-refractivity contribution < 1.29 is 9.59 Å².